The number of rotatable bonds is 5. The minimum Gasteiger partial charge on any atom is -0.415 e. The molecule has 0 radical (unpaired) electrons. The molecule has 15 heavy (non-hydrogen) atoms. The lowest BCUT2D eigenvalue weighted by Gasteiger charge is -2.03. The average molecular weight is 230 g/mol. The molecule has 0 aliphatic rings. The summed E-state index contributed by atoms with van der Waals surface area (Å²) < 4.78 is 5.31. The summed E-state index contributed by atoms with van der Waals surface area (Å²) >= 11 is 1.23. The van der Waals surface area contributed by atoms with Gasteiger partial charge in [-0.25, -0.2) is 0 Å². The number of nitrogens with one attached hydrogen (secondary N) is 1. The predicted octanol–water partition coefficient (Wildman–Crippen LogP) is -0.0307. The molecular formula is C8H14N4O2S. The Bertz CT molecular complexity index is 326. The third-order valence-corrected chi connectivity index (χ3v) is 2.32. The number of aromatic nitrogens is 2. The first-order valence-electron chi connectivity index (χ1n) is 4.42. The highest BCUT2D eigenvalue weighted by molar-refractivity contribution is 7.99. The van der Waals surface area contributed by atoms with Crippen molar-refractivity contribution in [3.63, 3.8) is 0 Å². The molecule has 0 spiro atoms. The number of amides is 1. The van der Waals surface area contributed by atoms with Gasteiger partial charge in [0, 0.05) is 7.05 Å². The van der Waals surface area contributed by atoms with E-state index in [9.17, 15) is 4.79 Å². The first kappa shape index (κ1) is 12.0. The highest BCUT2D eigenvalue weighted by atomic mass is 32.2. The number of nitrogens with zero attached hydrogens (tertiary/aromatic N) is 3. The van der Waals surface area contributed by atoms with Gasteiger partial charge in [0.25, 0.3) is 5.22 Å². The van der Waals surface area contributed by atoms with Crippen molar-refractivity contribution in [3.8, 4) is 0 Å². The molecule has 0 atom stereocenters. The number of thioether (sulfide) groups is 1. The van der Waals surface area contributed by atoms with Crippen molar-refractivity contribution >= 4 is 17.7 Å². The molecule has 0 aromatic carbocycles. The van der Waals surface area contributed by atoms with Crippen LogP contribution in [0.5, 0.6) is 0 Å². The molecule has 0 aliphatic heterocycles. The normalized spacial score (nSPS) is 10.7. The van der Waals surface area contributed by atoms with Crippen LogP contribution in [-0.4, -0.2) is 47.9 Å². The van der Waals surface area contributed by atoms with E-state index in [2.05, 4.69) is 15.5 Å². The van der Waals surface area contributed by atoms with E-state index in [1.807, 2.05) is 19.0 Å². The van der Waals surface area contributed by atoms with Gasteiger partial charge >= 0.3 is 0 Å². The van der Waals surface area contributed by atoms with E-state index in [-0.39, 0.29) is 5.91 Å². The van der Waals surface area contributed by atoms with Gasteiger partial charge in [0.1, 0.15) is 0 Å². The highest BCUT2D eigenvalue weighted by Crippen LogP contribution is 2.15. The predicted molar refractivity (Wildman–Crippen MR) is 56.5 cm³/mol. The van der Waals surface area contributed by atoms with Crippen LogP contribution in [0.15, 0.2) is 9.64 Å². The second-order valence-corrected chi connectivity index (χ2v) is 4.09. The zero-order valence-corrected chi connectivity index (χ0v) is 9.80. The molecule has 1 rings (SSSR count). The van der Waals surface area contributed by atoms with Gasteiger partial charge in [0.05, 0.1) is 12.3 Å². The Balaban J connectivity index is 2.42. The molecule has 1 aromatic rings. The van der Waals surface area contributed by atoms with Crippen LogP contribution in [0.25, 0.3) is 0 Å². The maximum Gasteiger partial charge on any atom is 0.277 e. The summed E-state index contributed by atoms with van der Waals surface area (Å²) in [5, 5.41) is 10.6. The topological polar surface area (TPSA) is 71.3 Å². The molecule has 6 nitrogen and oxygen atoms in total. The third-order valence-electron chi connectivity index (χ3n) is 1.51. The quantitative estimate of drug-likeness (QED) is 0.716. The number of carbonyl (C=O) groups excluding carboxylic acids is 1. The van der Waals surface area contributed by atoms with Crippen LogP contribution in [-0.2, 0) is 11.3 Å². The molecule has 0 saturated heterocycles. The van der Waals surface area contributed by atoms with Gasteiger partial charge in [-0.3, -0.25) is 4.79 Å². The lowest BCUT2D eigenvalue weighted by Crippen LogP contribution is -2.19. The minimum atomic E-state index is -0.0626. The van der Waals surface area contributed by atoms with Crippen LogP contribution in [0.3, 0.4) is 0 Å². The number of hydrogen-bond acceptors (Lipinski definition) is 6. The van der Waals surface area contributed by atoms with E-state index in [4.69, 9.17) is 4.42 Å². The maximum absolute atomic E-state index is 10.9. The van der Waals surface area contributed by atoms with Crippen molar-refractivity contribution in [1.29, 1.82) is 0 Å². The van der Waals surface area contributed by atoms with Gasteiger partial charge in [-0.2, -0.15) is 0 Å². The zero-order chi connectivity index (χ0) is 11.3. The molecule has 1 amide bonds. The van der Waals surface area contributed by atoms with E-state index in [0.717, 1.165) is 0 Å². The van der Waals surface area contributed by atoms with Gasteiger partial charge < -0.3 is 14.6 Å². The van der Waals surface area contributed by atoms with Crippen molar-refractivity contribution in [2.75, 3.05) is 26.9 Å². The van der Waals surface area contributed by atoms with E-state index in [1.165, 1.54) is 11.8 Å². The van der Waals surface area contributed by atoms with Crippen molar-refractivity contribution in [1.82, 2.24) is 20.4 Å². The van der Waals surface area contributed by atoms with Crippen molar-refractivity contribution in [2.45, 2.75) is 11.8 Å². The molecule has 0 unspecified atom stereocenters. The lowest BCUT2D eigenvalue weighted by atomic mass is 10.6. The second-order valence-electron chi connectivity index (χ2n) is 3.16. The summed E-state index contributed by atoms with van der Waals surface area (Å²) in [7, 11) is 5.43. The summed E-state index contributed by atoms with van der Waals surface area (Å²) in [4.78, 5) is 12.9. The fourth-order valence-electron chi connectivity index (χ4n) is 0.830. The first-order chi connectivity index (χ1) is 7.11. The fraction of sp³-hybridized carbons (Fsp3) is 0.625. The molecule has 0 bridgehead atoms. The van der Waals surface area contributed by atoms with E-state index < -0.39 is 0 Å². The molecule has 0 fully saturated rings. The van der Waals surface area contributed by atoms with Gasteiger partial charge in [0.15, 0.2) is 0 Å². The summed E-state index contributed by atoms with van der Waals surface area (Å²) in [6.45, 7) is 0.605. The zero-order valence-electron chi connectivity index (χ0n) is 8.98. The van der Waals surface area contributed by atoms with E-state index >= 15 is 0 Å². The van der Waals surface area contributed by atoms with Crippen LogP contribution in [0.4, 0.5) is 0 Å². The summed E-state index contributed by atoms with van der Waals surface area (Å²) in [6.07, 6.45) is 0. The third kappa shape index (κ3) is 4.30. The number of hydrogen-bond donors (Lipinski definition) is 1. The Morgan fingerprint density at radius 1 is 1.53 bits per heavy atom. The van der Waals surface area contributed by atoms with Gasteiger partial charge in [-0.1, -0.05) is 11.8 Å². The maximum atomic E-state index is 10.9. The molecule has 0 saturated carbocycles. The summed E-state index contributed by atoms with van der Waals surface area (Å²) in [5.41, 5.74) is 0. The SMILES string of the molecule is CNC(=O)CSc1nnc(CN(C)C)o1. The van der Waals surface area contributed by atoms with Crippen LogP contribution in [0.2, 0.25) is 0 Å². The molecule has 1 aromatic heterocycles. The van der Waals surface area contributed by atoms with Crippen LogP contribution >= 0.6 is 11.8 Å². The minimum absolute atomic E-state index is 0.0626. The monoisotopic (exact) mass is 230 g/mol. The molecule has 0 aliphatic carbocycles. The largest absolute Gasteiger partial charge is 0.415 e. The Morgan fingerprint density at radius 2 is 2.27 bits per heavy atom. The van der Waals surface area contributed by atoms with E-state index in [0.29, 0.717) is 23.4 Å². The molecule has 1 heterocycles. The fourth-order valence-corrected chi connectivity index (χ4v) is 1.48. The Labute approximate surface area is 92.4 Å². The van der Waals surface area contributed by atoms with Crippen molar-refractivity contribution < 1.29 is 9.21 Å². The summed E-state index contributed by atoms with van der Waals surface area (Å²) in [6, 6.07) is 0. The van der Waals surface area contributed by atoms with Gasteiger partial charge in [-0.05, 0) is 14.1 Å². The Morgan fingerprint density at radius 3 is 2.87 bits per heavy atom. The van der Waals surface area contributed by atoms with Crippen LogP contribution < -0.4 is 5.32 Å². The molecule has 84 valence electrons. The van der Waals surface area contributed by atoms with Crippen molar-refractivity contribution in [2.24, 2.45) is 0 Å². The number of carbonyl (C=O) groups is 1. The van der Waals surface area contributed by atoms with Crippen LogP contribution in [0.1, 0.15) is 5.89 Å². The standard InChI is InChI=1S/C8H14N4O2S/c1-9-6(13)5-15-8-11-10-7(14-8)4-12(2)3/h4-5H2,1-3H3,(H,9,13). The highest BCUT2D eigenvalue weighted by Gasteiger charge is 2.08. The lowest BCUT2D eigenvalue weighted by molar-refractivity contribution is -0.118. The van der Waals surface area contributed by atoms with E-state index in [1.54, 1.807) is 7.05 Å². The average Bonchev–Trinajstić information content (AvgIpc) is 2.61. The van der Waals surface area contributed by atoms with Crippen molar-refractivity contribution in [3.05, 3.63) is 5.89 Å². The van der Waals surface area contributed by atoms with Gasteiger partial charge in [0.2, 0.25) is 11.8 Å². The van der Waals surface area contributed by atoms with Crippen LogP contribution in [0, 0.1) is 0 Å². The molecule has 7 heteroatoms. The Hall–Kier alpha value is -1.08. The molecule has 1 N–H and O–H groups in total. The summed E-state index contributed by atoms with van der Waals surface area (Å²) in [5.74, 6) is 0.784. The molecular weight excluding hydrogens is 216 g/mol. The Kier molecular flexibility index (Phi) is 4.57. The first-order valence-corrected chi connectivity index (χ1v) is 5.41. The smallest absolute Gasteiger partial charge is 0.277 e. The van der Waals surface area contributed by atoms with Gasteiger partial charge in [-0.15, -0.1) is 10.2 Å². The second kappa shape index (κ2) is 5.72.